The van der Waals surface area contributed by atoms with Gasteiger partial charge in [0.1, 0.15) is 11.5 Å². The van der Waals surface area contributed by atoms with E-state index in [-0.39, 0.29) is 23.7 Å². The number of ether oxygens (including phenoxy) is 2. The van der Waals surface area contributed by atoms with Crippen LogP contribution in [-0.2, 0) is 4.79 Å². The molecule has 4 unspecified atom stereocenters. The Kier molecular flexibility index (Phi) is 4.88. The summed E-state index contributed by atoms with van der Waals surface area (Å²) in [5.41, 5.74) is -0.152. The molecule has 1 aromatic carbocycles. The van der Waals surface area contributed by atoms with Crippen molar-refractivity contribution in [1.82, 2.24) is 15.1 Å². The normalized spacial score (nSPS) is 33.1. The first-order valence-corrected chi connectivity index (χ1v) is 11.2. The third-order valence-corrected chi connectivity index (χ3v) is 7.72. The maximum Gasteiger partial charge on any atom is 0.258 e. The molecule has 2 amide bonds. The average molecular weight is 414 g/mol. The molecule has 7 heteroatoms. The number of benzene rings is 1. The van der Waals surface area contributed by atoms with Crippen molar-refractivity contribution in [1.29, 1.82) is 0 Å². The van der Waals surface area contributed by atoms with E-state index in [1.165, 1.54) is 0 Å². The first-order valence-electron chi connectivity index (χ1n) is 11.2. The van der Waals surface area contributed by atoms with Gasteiger partial charge in [0.25, 0.3) is 5.91 Å². The summed E-state index contributed by atoms with van der Waals surface area (Å²) >= 11 is 0. The third-order valence-electron chi connectivity index (χ3n) is 7.72. The number of hydrogen-bond acceptors (Lipinski definition) is 5. The Labute approximate surface area is 177 Å². The van der Waals surface area contributed by atoms with Gasteiger partial charge in [0.2, 0.25) is 5.91 Å². The molecule has 4 atom stereocenters. The van der Waals surface area contributed by atoms with Gasteiger partial charge in [-0.2, -0.15) is 0 Å². The number of likely N-dealkylation sites (N-methyl/N-ethyl adjacent to an activating group) is 1. The van der Waals surface area contributed by atoms with Gasteiger partial charge in [-0.05, 0) is 43.9 Å². The molecule has 1 spiro atoms. The monoisotopic (exact) mass is 413 g/mol. The summed E-state index contributed by atoms with van der Waals surface area (Å²) in [5, 5.41) is 3.18. The van der Waals surface area contributed by atoms with Gasteiger partial charge in [-0.25, -0.2) is 0 Å². The molecule has 2 heterocycles. The van der Waals surface area contributed by atoms with Gasteiger partial charge in [0, 0.05) is 50.5 Å². The molecule has 1 N–H and O–H groups in total. The summed E-state index contributed by atoms with van der Waals surface area (Å²) in [5.74, 6) is 1.93. The summed E-state index contributed by atoms with van der Waals surface area (Å²) in [6.45, 7) is 6.79. The van der Waals surface area contributed by atoms with Gasteiger partial charge < -0.3 is 24.6 Å². The molecule has 0 radical (unpaired) electrons. The maximum atomic E-state index is 13.3. The fraction of sp³-hybridized carbons (Fsp3) is 0.652. The molecule has 6 rings (SSSR count). The number of amides is 2. The predicted octanol–water partition coefficient (Wildman–Crippen LogP) is 2.11. The van der Waals surface area contributed by atoms with E-state index in [0.29, 0.717) is 29.4 Å². The lowest BCUT2D eigenvalue weighted by atomic mass is 9.59. The van der Waals surface area contributed by atoms with Crippen LogP contribution in [0.15, 0.2) is 18.2 Å². The summed E-state index contributed by atoms with van der Waals surface area (Å²) in [6, 6.07) is 5.33. The standard InChI is InChI=1S/C23H31N3O4/c1-3-25-8-10-26(11-9-25)22(28)19-12-16-5-4-15(19)14-23(16)24-21(27)18-7-6-17(29-2)13-20(18)30-23/h6-7,13,15-16,19H,3-5,8-12,14H2,1-2H3,(H,24,27). The Hall–Kier alpha value is -2.28. The molecule has 1 aromatic rings. The number of nitrogens with one attached hydrogen (secondary N) is 1. The highest BCUT2D eigenvalue weighted by atomic mass is 16.5. The van der Waals surface area contributed by atoms with Crippen molar-refractivity contribution in [2.24, 2.45) is 17.8 Å². The summed E-state index contributed by atoms with van der Waals surface area (Å²) in [4.78, 5) is 30.6. The van der Waals surface area contributed by atoms with Crippen LogP contribution >= 0.6 is 0 Å². The molecule has 5 aliphatic rings. The first kappa shape index (κ1) is 19.7. The zero-order valence-corrected chi connectivity index (χ0v) is 17.9. The lowest BCUT2D eigenvalue weighted by molar-refractivity contribution is -0.156. The zero-order valence-electron chi connectivity index (χ0n) is 17.9. The van der Waals surface area contributed by atoms with Crippen molar-refractivity contribution < 1.29 is 19.1 Å². The van der Waals surface area contributed by atoms with Crippen molar-refractivity contribution in [2.75, 3.05) is 39.8 Å². The lowest BCUT2D eigenvalue weighted by Gasteiger charge is -2.55. The lowest BCUT2D eigenvalue weighted by Crippen LogP contribution is -2.67. The van der Waals surface area contributed by atoms with E-state index < -0.39 is 5.72 Å². The summed E-state index contributed by atoms with van der Waals surface area (Å²) in [7, 11) is 1.61. The molecule has 2 bridgehead atoms. The minimum absolute atomic E-state index is 0.0507. The molecular formula is C23H31N3O4. The molecule has 3 saturated carbocycles. The van der Waals surface area contributed by atoms with Crippen molar-refractivity contribution >= 4 is 11.8 Å². The van der Waals surface area contributed by atoms with E-state index in [1.54, 1.807) is 25.3 Å². The zero-order chi connectivity index (χ0) is 20.9. The topological polar surface area (TPSA) is 71.1 Å². The van der Waals surface area contributed by atoms with Gasteiger partial charge in [-0.15, -0.1) is 0 Å². The molecule has 4 fully saturated rings. The highest BCUT2D eigenvalue weighted by Crippen LogP contribution is 2.53. The number of fused-ring (bicyclic) bond motifs is 3. The van der Waals surface area contributed by atoms with Crippen LogP contribution in [0.25, 0.3) is 0 Å². The van der Waals surface area contributed by atoms with Crippen LogP contribution in [0.3, 0.4) is 0 Å². The molecule has 7 nitrogen and oxygen atoms in total. The average Bonchev–Trinajstić information content (AvgIpc) is 2.78. The van der Waals surface area contributed by atoms with Crippen LogP contribution in [0, 0.1) is 17.8 Å². The van der Waals surface area contributed by atoms with Gasteiger partial charge in [-0.1, -0.05) is 6.92 Å². The predicted molar refractivity (Wildman–Crippen MR) is 111 cm³/mol. The number of carbonyl (C=O) groups excluding carboxylic acids is 2. The summed E-state index contributed by atoms with van der Waals surface area (Å²) < 4.78 is 11.8. The first-order chi connectivity index (χ1) is 14.5. The maximum absolute atomic E-state index is 13.3. The smallest absolute Gasteiger partial charge is 0.258 e. The van der Waals surface area contributed by atoms with Crippen LogP contribution in [0.5, 0.6) is 11.5 Å². The van der Waals surface area contributed by atoms with Crippen LogP contribution in [-0.4, -0.2) is 67.2 Å². The fourth-order valence-electron chi connectivity index (χ4n) is 5.94. The minimum atomic E-state index is -0.697. The van der Waals surface area contributed by atoms with E-state index in [9.17, 15) is 9.59 Å². The largest absolute Gasteiger partial charge is 0.497 e. The Bertz CT molecular complexity index is 851. The van der Waals surface area contributed by atoms with E-state index in [0.717, 1.165) is 52.0 Å². The van der Waals surface area contributed by atoms with E-state index >= 15 is 0 Å². The quantitative estimate of drug-likeness (QED) is 0.822. The van der Waals surface area contributed by atoms with Gasteiger partial charge in [-0.3, -0.25) is 9.59 Å². The van der Waals surface area contributed by atoms with E-state index in [1.807, 2.05) is 0 Å². The molecule has 162 valence electrons. The van der Waals surface area contributed by atoms with E-state index in [2.05, 4.69) is 22.0 Å². The Morgan fingerprint density at radius 2 is 2.07 bits per heavy atom. The Balaban J connectivity index is 1.33. The molecule has 3 aliphatic carbocycles. The highest BCUT2D eigenvalue weighted by Gasteiger charge is 2.57. The van der Waals surface area contributed by atoms with Crippen LogP contribution in [0.4, 0.5) is 0 Å². The second kappa shape index (κ2) is 7.45. The number of piperazine rings is 1. The highest BCUT2D eigenvalue weighted by molar-refractivity contribution is 5.98. The number of hydrogen-bond donors (Lipinski definition) is 1. The molecular weight excluding hydrogens is 382 g/mol. The molecule has 30 heavy (non-hydrogen) atoms. The van der Waals surface area contributed by atoms with Crippen LogP contribution in [0.2, 0.25) is 0 Å². The van der Waals surface area contributed by atoms with Crippen LogP contribution in [0.1, 0.15) is 43.0 Å². The summed E-state index contributed by atoms with van der Waals surface area (Å²) in [6.07, 6.45) is 3.50. The molecule has 1 saturated heterocycles. The number of rotatable bonds is 3. The number of carbonyl (C=O) groups is 2. The van der Waals surface area contributed by atoms with Crippen molar-refractivity contribution in [2.45, 2.75) is 38.3 Å². The van der Waals surface area contributed by atoms with Gasteiger partial charge in [0.15, 0.2) is 5.72 Å². The van der Waals surface area contributed by atoms with Crippen LogP contribution < -0.4 is 14.8 Å². The number of methoxy groups -OCH3 is 1. The van der Waals surface area contributed by atoms with Crippen molar-refractivity contribution in [3.8, 4) is 11.5 Å². The van der Waals surface area contributed by atoms with E-state index in [4.69, 9.17) is 9.47 Å². The second-order valence-electron chi connectivity index (χ2n) is 9.15. The molecule has 0 aromatic heterocycles. The number of nitrogens with zero attached hydrogens (tertiary/aromatic N) is 2. The fourth-order valence-corrected chi connectivity index (χ4v) is 5.94. The van der Waals surface area contributed by atoms with Gasteiger partial charge >= 0.3 is 0 Å². The Morgan fingerprint density at radius 3 is 2.73 bits per heavy atom. The van der Waals surface area contributed by atoms with Crippen molar-refractivity contribution in [3.63, 3.8) is 0 Å². The third kappa shape index (κ3) is 3.14. The SMILES string of the molecule is CCN1CCN(C(=O)C2CC3CCC2CC32NC(=O)c3ccc(OC)cc3O2)CC1. The Morgan fingerprint density at radius 1 is 1.27 bits per heavy atom. The molecule has 2 aliphatic heterocycles. The van der Waals surface area contributed by atoms with Gasteiger partial charge in [0.05, 0.1) is 12.7 Å². The second-order valence-corrected chi connectivity index (χ2v) is 9.15. The van der Waals surface area contributed by atoms with Crippen molar-refractivity contribution in [3.05, 3.63) is 23.8 Å². The minimum Gasteiger partial charge on any atom is -0.497 e.